The third-order valence-corrected chi connectivity index (χ3v) is 4.74. The molecule has 1 saturated heterocycles. The summed E-state index contributed by atoms with van der Waals surface area (Å²) in [5.74, 6) is 0.538. The Labute approximate surface area is 164 Å². The van der Waals surface area contributed by atoms with Crippen molar-refractivity contribution in [3.63, 3.8) is 0 Å². The molecule has 1 unspecified atom stereocenters. The highest BCUT2D eigenvalue weighted by Gasteiger charge is 2.19. The number of likely N-dealkylation sites (tertiary alicyclic amines) is 1. The number of ether oxygens (including phenoxy) is 1. The predicted octanol–water partition coefficient (Wildman–Crippen LogP) is 4.26. The molecule has 142 valence electrons. The first-order valence-corrected chi connectivity index (χ1v) is 9.49. The molecule has 1 heterocycles. The van der Waals surface area contributed by atoms with Crippen molar-refractivity contribution in [2.24, 2.45) is 0 Å². The number of piperidine rings is 1. The van der Waals surface area contributed by atoms with Crippen molar-refractivity contribution in [2.75, 3.05) is 11.9 Å². The topological polar surface area (TPSA) is 58.6 Å². The fourth-order valence-electron chi connectivity index (χ4n) is 3.01. The van der Waals surface area contributed by atoms with E-state index in [0.29, 0.717) is 29.4 Å². The van der Waals surface area contributed by atoms with Gasteiger partial charge in [0.15, 0.2) is 6.10 Å². The Kier molecular flexibility index (Phi) is 6.35. The number of rotatable bonds is 6. The maximum absolute atomic E-state index is 12.4. The number of halogens is 1. The average molecular weight is 387 g/mol. The smallest absolute Gasteiger partial charge is 0.265 e. The Morgan fingerprint density at radius 2 is 2.00 bits per heavy atom. The summed E-state index contributed by atoms with van der Waals surface area (Å²) in [5.41, 5.74) is 1.68. The highest BCUT2D eigenvalue weighted by molar-refractivity contribution is 6.30. The molecule has 1 fully saturated rings. The molecule has 2 aromatic carbocycles. The largest absolute Gasteiger partial charge is 0.481 e. The van der Waals surface area contributed by atoms with Crippen LogP contribution in [0.3, 0.4) is 0 Å². The van der Waals surface area contributed by atoms with Gasteiger partial charge in [0.05, 0.1) is 0 Å². The van der Waals surface area contributed by atoms with Crippen molar-refractivity contribution in [1.29, 1.82) is 0 Å². The van der Waals surface area contributed by atoms with Crippen LogP contribution in [0.25, 0.3) is 0 Å². The van der Waals surface area contributed by atoms with Crippen molar-refractivity contribution in [1.82, 2.24) is 4.90 Å². The lowest BCUT2D eigenvalue weighted by molar-refractivity contribution is -0.133. The molecule has 3 rings (SSSR count). The van der Waals surface area contributed by atoms with E-state index >= 15 is 0 Å². The summed E-state index contributed by atoms with van der Waals surface area (Å²) in [7, 11) is 0. The first-order chi connectivity index (χ1) is 13.0. The van der Waals surface area contributed by atoms with Crippen LogP contribution < -0.4 is 10.1 Å². The fraction of sp³-hybridized carbons (Fsp3) is 0.333. The summed E-state index contributed by atoms with van der Waals surface area (Å²) < 4.78 is 5.65. The van der Waals surface area contributed by atoms with Crippen molar-refractivity contribution < 1.29 is 14.3 Å². The molecule has 0 spiro atoms. The number of hydrogen-bond acceptors (Lipinski definition) is 3. The minimum atomic E-state index is -0.654. The number of amides is 2. The second-order valence-corrected chi connectivity index (χ2v) is 7.11. The van der Waals surface area contributed by atoms with E-state index in [9.17, 15) is 9.59 Å². The number of anilines is 1. The first-order valence-electron chi connectivity index (χ1n) is 9.11. The molecular weight excluding hydrogens is 364 g/mol. The average Bonchev–Trinajstić information content (AvgIpc) is 2.66. The molecule has 2 aromatic rings. The molecule has 0 saturated carbocycles. The summed E-state index contributed by atoms with van der Waals surface area (Å²) in [6, 6.07) is 14.4. The minimum Gasteiger partial charge on any atom is -0.481 e. The lowest BCUT2D eigenvalue weighted by atomic mass is 10.1. The molecule has 0 bridgehead atoms. The minimum absolute atomic E-state index is 0.195. The maximum Gasteiger partial charge on any atom is 0.265 e. The van der Waals surface area contributed by atoms with Gasteiger partial charge in [0, 0.05) is 30.2 Å². The lowest BCUT2D eigenvalue weighted by Crippen LogP contribution is -2.34. The second kappa shape index (κ2) is 8.91. The quantitative estimate of drug-likeness (QED) is 0.807. The molecule has 0 aliphatic carbocycles. The predicted molar refractivity (Wildman–Crippen MR) is 106 cm³/mol. The third kappa shape index (κ3) is 5.47. The zero-order valence-corrected chi connectivity index (χ0v) is 16.0. The van der Waals surface area contributed by atoms with E-state index in [1.807, 2.05) is 29.2 Å². The first kappa shape index (κ1) is 19.2. The molecule has 2 amide bonds. The van der Waals surface area contributed by atoms with E-state index in [2.05, 4.69) is 5.32 Å². The summed E-state index contributed by atoms with van der Waals surface area (Å²) in [5, 5.41) is 3.48. The molecule has 5 nitrogen and oxygen atoms in total. The van der Waals surface area contributed by atoms with Gasteiger partial charge in [-0.3, -0.25) is 9.59 Å². The summed E-state index contributed by atoms with van der Waals surface area (Å²) >= 11 is 5.85. The number of nitrogens with zero attached hydrogens (tertiary/aromatic N) is 1. The van der Waals surface area contributed by atoms with Gasteiger partial charge in [-0.2, -0.15) is 0 Å². The van der Waals surface area contributed by atoms with E-state index in [-0.39, 0.29) is 11.8 Å². The monoisotopic (exact) mass is 386 g/mol. The number of carbonyl (C=O) groups is 2. The van der Waals surface area contributed by atoms with Crippen LogP contribution >= 0.6 is 11.6 Å². The number of benzene rings is 2. The molecule has 0 aromatic heterocycles. The van der Waals surface area contributed by atoms with Gasteiger partial charge >= 0.3 is 0 Å². The molecule has 6 heteroatoms. The van der Waals surface area contributed by atoms with Crippen molar-refractivity contribution in [3.05, 3.63) is 59.1 Å². The van der Waals surface area contributed by atoms with Crippen LogP contribution in [0.2, 0.25) is 5.02 Å². The molecule has 1 atom stereocenters. The lowest BCUT2D eigenvalue weighted by Gasteiger charge is -2.27. The van der Waals surface area contributed by atoms with Crippen molar-refractivity contribution in [3.8, 4) is 5.75 Å². The molecule has 1 aliphatic heterocycles. The molecule has 0 radical (unpaired) electrons. The Balaban J connectivity index is 1.58. The summed E-state index contributed by atoms with van der Waals surface area (Å²) in [6.45, 7) is 3.06. The van der Waals surface area contributed by atoms with Gasteiger partial charge in [0.2, 0.25) is 5.91 Å². The number of hydrogen-bond donors (Lipinski definition) is 1. The maximum atomic E-state index is 12.4. The second-order valence-electron chi connectivity index (χ2n) is 6.68. The Morgan fingerprint density at radius 3 is 2.74 bits per heavy atom. The van der Waals surface area contributed by atoms with Gasteiger partial charge in [-0.05, 0) is 61.7 Å². The Morgan fingerprint density at radius 1 is 1.22 bits per heavy atom. The highest BCUT2D eigenvalue weighted by atomic mass is 35.5. The Bertz CT molecular complexity index is 807. The van der Waals surface area contributed by atoms with E-state index in [4.69, 9.17) is 16.3 Å². The summed E-state index contributed by atoms with van der Waals surface area (Å²) in [4.78, 5) is 26.3. The zero-order chi connectivity index (χ0) is 19.2. The Hall–Kier alpha value is -2.53. The van der Waals surface area contributed by atoms with Gasteiger partial charge in [0.25, 0.3) is 5.91 Å². The normalized spacial score (nSPS) is 15.3. The third-order valence-electron chi connectivity index (χ3n) is 4.49. The molecule has 27 heavy (non-hydrogen) atoms. The van der Waals surface area contributed by atoms with E-state index in [1.54, 1.807) is 31.2 Å². The van der Waals surface area contributed by atoms with Crippen LogP contribution in [0.15, 0.2) is 48.5 Å². The number of nitrogens with one attached hydrogen (secondary N) is 1. The van der Waals surface area contributed by atoms with Gasteiger partial charge < -0.3 is 15.0 Å². The standard InChI is InChI=1S/C21H23ClN2O3/c1-15(27-19-10-8-17(22)9-11-19)21(26)23-18-6-4-5-16(13-18)14-24-12-3-2-7-20(24)25/h4-6,8-11,13,15H,2-3,7,12,14H2,1H3,(H,23,26). The summed E-state index contributed by atoms with van der Waals surface area (Å²) in [6.07, 6.45) is 1.98. The van der Waals surface area contributed by atoms with Crippen LogP contribution in [0.1, 0.15) is 31.7 Å². The van der Waals surface area contributed by atoms with Crippen LogP contribution in [-0.2, 0) is 16.1 Å². The van der Waals surface area contributed by atoms with Crippen molar-refractivity contribution in [2.45, 2.75) is 38.8 Å². The molecule has 1 aliphatic rings. The van der Waals surface area contributed by atoms with Gasteiger partial charge in [-0.15, -0.1) is 0 Å². The SMILES string of the molecule is CC(Oc1ccc(Cl)cc1)C(=O)Nc1cccc(CN2CCCCC2=O)c1. The van der Waals surface area contributed by atoms with Crippen LogP contribution in [0.4, 0.5) is 5.69 Å². The van der Waals surface area contributed by atoms with E-state index in [1.165, 1.54) is 0 Å². The molecular formula is C21H23ClN2O3. The van der Waals surface area contributed by atoms with Gasteiger partial charge in [0.1, 0.15) is 5.75 Å². The van der Waals surface area contributed by atoms with Gasteiger partial charge in [-0.1, -0.05) is 23.7 Å². The van der Waals surface area contributed by atoms with E-state index < -0.39 is 6.10 Å². The van der Waals surface area contributed by atoms with Crippen molar-refractivity contribution >= 4 is 29.1 Å². The van der Waals surface area contributed by atoms with Crippen LogP contribution in [-0.4, -0.2) is 29.4 Å². The van der Waals surface area contributed by atoms with Gasteiger partial charge in [-0.25, -0.2) is 0 Å². The number of carbonyl (C=O) groups excluding carboxylic acids is 2. The van der Waals surface area contributed by atoms with Crippen LogP contribution in [0, 0.1) is 0 Å². The zero-order valence-electron chi connectivity index (χ0n) is 15.3. The van der Waals surface area contributed by atoms with Crippen LogP contribution in [0.5, 0.6) is 5.75 Å². The fourth-order valence-corrected chi connectivity index (χ4v) is 3.14. The molecule has 1 N–H and O–H groups in total. The van der Waals surface area contributed by atoms with E-state index in [0.717, 1.165) is 24.9 Å². The highest BCUT2D eigenvalue weighted by Crippen LogP contribution is 2.19.